The van der Waals surface area contributed by atoms with E-state index < -0.39 is 0 Å². The van der Waals surface area contributed by atoms with E-state index in [9.17, 15) is 0 Å². The SMILES string of the molecule is CCNc1cccc(CSc2ncccc2Br)n1. The van der Waals surface area contributed by atoms with Gasteiger partial charge in [-0.1, -0.05) is 17.8 Å². The minimum atomic E-state index is 0.814. The summed E-state index contributed by atoms with van der Waals surface area (Å²) in [6.07, 6.45) is 1.80. The number of pyridine rings is 2. The van der Waals surface area contributed by atoms with Crippen LogP contribution in [0.4, 0.5) is 5.82 Å². The molecule has 0 amide bonds. The third-order valence-corrected chi connectivity index (χ3v) is 4.19. The molecule has 0 aliphatic carbocycles. The number of nitrogens with one attached hydrogen (secondary N) is 1. The van der Waals surface area contributed by atoms with Crippen LogP contribution >= 0.6 is 27.7 Å². The summed E-state index contributed by atoms with van der Waals surface area (Å²) in [5, 5.41) is 4.21. The fourth-order valence-corrected chi connectivity index (χ4v) is 2.84. The fourth-order valence-electron chi connectivity index (χ4n) is 1.46. The zero-order valence-corrected chi connectivity index (χ0v) is 12.5. The quantitative estimate of drug-likeness (QED) is 0.845. The average molecular weight is 324 g/mol. The van der Waals surface area contributed by atoms with Crippen LogP contribution in [0.15, 0.2) is 46.0 Å². The molecule has 5 heteroatoms. The molecule has 0 saturated carbocycles. The van der Waals surface area contributed by atoms with Crippen molar-refractivity contribution >= 4 is 33.5 Å². The molecule has 2 rings (SSSR count). The molecule has 0 aliphatic heterocycles. The summed E-state index contributed by atoms with van der Waals surface area (Å²) in [6.45, 7) is 2.95. The van der Waals surface area contributed by atoms with Crippen molar-refractivity contribution in [3.05, 3.63) is 46.7 Å². The zero-order valence-electron chi connectivity index (χ0n) is 10.1. The number of thioether (sulfide) groups is 1. The largest absolute Gasteiger partial charge is 0.370 e. The highest BCUT2D eigenvalue weighted by molar-refractivity contribution is 9.10. The van der Waals surface area contributed by atoms with Crippen molar-refractivity contribution < 1.29 is 0 Å². The first kappa shape index (κ1) is 13.4. The molecule has 0 aliphatic rings. The van der Waals surface area contributed by atoms with Crippen molar-refractivity contribution in [1.29, 1.82) is 0 Å². The number of nitrogens with zero attached hydrogens (tertiary/aromatic N) is 2. The summed E-state index contributed by atoms with van der Waals surface area (Å²) < 4.78 is 1.03. The van der Waals surface area contributed by atoms with Crippen molar-refractivity contribution in [2.24, 2.45) is 0 Å². The van der Waals surface area contributed by atoms with Gasteiger partial charge in [-0.25, -0.2) is 9.97 Å². The third-order valence-electron chi connectivity index (χ3n) is 2.25. The molecule has 0 saturated heterocycles. The van der Waals surface area contributed by atoms with E-state index >= 15 is 0 Å². The number of hydrogen-bond donors (Lipinski definition) is 1. The molecule has 0 radical (unpaired) electrons. The number of aromatic nitrogens is 2. The fraction of sp³-hybridized carbons (Fsp3) is 0.231. The maximum Gasteiger partial charge on any atom is 0.126 e. The Labute approximate surface area is 120 Å². The maximum atomic E-state index is 4.53. The minimum absolute atomic E-state index is 0.814. The number of rotatable bonds is 5. The van der Waals surface area contributed by atoms with Gasteiger partial charge in [0.15, 0.2) is 0 Å². The lowest BCUT2D eigenvalue weighted by atomic mass is 10.4. The topological polar surface area (TPSA) is 37.8 Å². The van der Waals surface area contributed by atoms with Crippen LogP contribution in [-0.4, -0.2) is 16.5 Å². The summed E-state index contributed by atoms with van der Waals surface area (Å²) in [4.78, 5) is 8.86. The second kappa shape index (κ2) is 6.75. The molecule has 0 spiro atoms. The van der Waals surface area contributed by atoms with Crippen LogP contribution in [0.5, 0.6) is 0 Å². The van der Waals surface area contributed by atoms with Gasteiger partial charge in [0.05, 0.1) is 5.69 Å². The van der Waals surface area contributed by atoms with Crippen molar-refractivity contribution in [2.45, 2.75) is 17.7 Å². The number of anilines is 1. The highest BCUT2D eigenvalue weighted by Crippen LogP contribution is 2.27. The first-order valence-electron chi connectivity index (χ1n) is 5.72. The Kier molecular flexibility index (Phi) is 5.01. The van der Waals surface area contributed by atoms with E-state index in [4.69, 9.17) is 0 Å². The number of halogens is 1. The highest BCUT2D eigenvalue weighted by atomic mass is 79.9. The summed E-state index contributed by atoms with van der Waals surface area (Å²) >= 11 is 5.17. The Bertz CT molecular complexity index is 519. The molecule has 2 aromatic rings. The van der Waals surface area contributed by atoms with Crippen LogP contribution in [0, 0.1) is 0 Å². The van der Waals surface area contributed by atoms with Crippen LogP contribution in [0.1, 0.15) is 12.6 Å². The molecule has 0 fully saturated rings. The van der Waals surface area contributed by atoms with Crippen molar-refractivity contribution in [3.63, 3.8) is 0 Å². The van der Waals surface area contributed by atoms with E-state index in [2.05, 4.69) is 38.1 Å². The van der Waals surface area contributed by atoms with Gasteiger partial charge in [-0.2, -0.15) is 0 Å². The normalized spacial score (nSPS) is 10.3. The van der Waals surface area contributed by atoms with E-state index in [1.165, 1.54) is 0 Å². The molecule has 0 unspecified atom stereocenters. The summed E-state index contributed by atoms with van der Waals surface area (Å²) in [5.74, 6) is 1.74. The molecular formula is C13H14BrN3S. The Morgan fingerprint density at radius 3 is 2.94 bits per heavy atom. The summed E-state index contributed by atoms with van der Waals surface area (Å²) in [6, 6.07) is 9.95. The molecule has 2 heterocycles. The standard InChI is InChI=1S/C13H14BrN3S/c1-2-15-12-7-3-5-10(17-12)9-18-13-11(14)6-4-8-16-13/h3-8H,2,9H2,1H3,(H,15,17). The first-order chi connectivity index (χ1) is 8.79. The van der Waals surface area contributed by atoms with E-state index in [0.29, 0.717) is 0 Å². The van der Waals surface area contributed by atoms with Gasteiger partial charge in [-0.05, 0) is 47.1 Å². The molecule has 0 atom stereocenters. The predicted molar refractivity (Wildman–Crippen MR) is 79.9 cm³/mol. The van der Waals surface area contributed by atoms with Crippen LogP contribution in [-0.2, 0) is 5.75 Å². The molecule has 0 bridgehead atoms. The van der Waals surface area contributed by atoms with Gasteiger partial charge in [0.25, 0.3) is 0 Å². The maximum absolute atomic E-state index is 4.53. The minimum Gasteiger partial charge on any atom is -0.370 e. The van der Waals surface area contributed by atoms with Gasteiger partial charge in [0.1, 0.15) is 10.8 Å². The third kappa shape index (κ3) is 3.71. The molecule has 18 heavy (non-hydrogen) atoms. The van der Waals surface area contributed by atoms with Gasteiger partial charge in [-0.15, -0.1) is 0 Å². The van der Waals surface area contributed by atoms with Gasteiger partial charge < -0.3 is 5.32 Å². The Balaban J connectivity index is 2.02. The molecule has 3 nitrogen and oxygen atoms in total. The van der Waals surface area contributed by atoms with Crippen LogP contribution in [0.25, 0.3) is 0 Å². The lowest BCUT2D eigenvalue weighted by Crippen LogP contribution is -2.00. The molecule has 2 aromatic heterocycles. The second-order valence-electron chi connectivity index (χ2n) is 3.62. The van der Waals surface area contributed by atoms with Gasteiger partial charge >= 0.3 is 0 Å². The summed E-state index contributed by atoms with van der Waals surface area (Å²) in [7, 11) is 0. The Hall–Kier alpha value is -1.07. The smallest absolute Gasteiger partial charge is 0.126 e. The van der Waals surface area contributed by atoms with Gasteiger partial charge in [0.2, 0.25) is 0 Å². The summed E-state index contributed by atoms with van der Waals surface area (Å²) in [5.41, 5.74) is 1.05. The van der Waals surface area contributed by atoms with Gasteiger partial charge in [-0.3, -0.25) is 0 Å². The van der Waals surface area contributed by atoms with Crippen LogP contribution in [0.3, 0.4) is 0 Å². The second-order valence-corrected chi connectivity index (χ2v) is 5.44. The van der Waals surface area contributed by atoms with Crippen LogP contribution < -0.4 is 5.32 Å². The highest BCUT2D eigenvalue weighted by Gasteiger charge is 2.03. The molecule has 1 N–H and O–H groups in total. The number of hydrogen-bond acceptors (Lipinski definition) is 4. The molecule has 0 aromatic carbocycles. The predicted octanol–water partition coefficient (Wildman–Crippen LogP) is 3.96. The molecular weight excluding hydrogens is 310 g/mol. The van der Waals surface area contributed by atoms with Crippen molar-refractivity contribution in [2.75, 3.05) is 11.9 Å². The first-order valence-corrected chi connectivity index (χ1v) is 7.50. The Morgan fingerprint density at radius 2 is 2.17 bits per heavy atom. The van der Waals surface area contributed by atoms with E-state index in [0.717, 1.165) is 33.3 Å². The monoisotopic (exact) mass is 323 g/mol. The van der Waals surface area contributed by atoms with Gasteiger partial charge in [0, 0.05) is 23.0 Å². The average Bonchev–Trinajstić information content (AvgIpc) is 2.39. The Morgan fingerprint density at radius 1 is 1.28 bits per heavy atom. The van der Waals surface area contributed by atoms with Crippen LogP contribution in [0.2, 0.25) is 0 Å². The van der Waals surface area contributed by atoms with Crippen molar-refractivity contribution in [3.8, 4) is 0 Å². The lowest BCUT2D eigenvalue weighted by Gasteiger charge is -2.05. The van der Waals surface area contributed by atoms with E-state index in [1.807, 2.05) is 30.3 Å². The van der Waals surface area contributed by atoms with E-state index in [1.54, 1.807) is 18.0 Å². The zero-order chi connectivity index (χ0) is 12.8. The van der Waals surface area contributed by atoms with E-state index in [-0.39, 0.29) is 0 Å². The lowest BCUT2D eigenvalue weighted by molar-refractivity contribution is 1.09. The molecule has 94 valence electrons. The van der Waals surface area contributed by atoms with Crippen molar-refractivity contribution in [1.82, 2.24) is 9.97 Å².